The van der Waals surface area contributed by atoms with Crippen LogP contribution in [0.2, 0.25) is 0 Å². The minimum Gasteiger partial charge on any atom is -0.497 e. The first kappa shape index (κ1) is 12.5. The first-order valence-electron chi connectivity index (χ1n) is 5.26. The highest BCUT2D eigenvalue weighted by Crippen LogP contribution is 2.12. The first-order chi connectivity index (χ1) is 7.61. The summed E-state index contributed by atoms with van der Waals surface area (Å²) in [5, 5.41) is 3.05. The van der Waals surface area contributed by atoms with Crippen molar-refractivity contribution in [3.8, 4) is 5.75 Å². The number of hydrogen-bond acceptors (Lipinski definition) is 3. The normalized spacial score (nSPS) is 12.1. The van der Waals surface area contributed by atoms with Gasteiger partial charge in [0, 0.05) is 6.04 Å². The minimum atomic E-state index is -0.332. The summed E-state index contributed by atoms with van der Waals surface area (Å²) in [6, 6.07) is 8.11. The van der Waals surface area contributed by atoms with Crippen molar-refractivity contribution in [1.82, 2.24) is 5.32 Å². The monoisotopic (exact) mass is 222 g/mol. The molecular weight excluding hydrogens is 204 g/mol. The van der Waals surface area contributed by atoms with E-state index in [1.807, 2.05) is 31.2 Å². The van der Waals surface area contributed by atoms with Crippen molar-refractivity contribution in [2.75, 3.05) is 13.7 Å². The van der Waals surface area contributed by atoms with Crippen LogP contribution in [0.1, 0.15) is 12.5 Å². The van der Waals surface area contributed by atoms with E-state index in [0.29, 0.717) is 0 Å². The summed E-state index contributed by atoms with van der Waals surface area (Å²) in [7, 11) is 1.64. The van der Waals surface area contributed by atoms with Gasteiger partial charge in [-0.1, -0.05) is 12.1 Å². The van der Waals surface area contributed by atoms with E-state index in [0.717, 1.165) is 12.2 Å². The fourth-order valence-corrected chi connectivity index (χ4v) is 1.46. The Bertz CT molecular complexity index is 335. The number of primary amides is 1. The number of nitrogens with one attached hydrogen (secondary N) is 1. The molecule has 1 amide bonds. The molecule has 0 heterocycles. The molecule has 1 rings (SSSR count). The summed E-state index contributed by atoms with van der Waals surface area (Å²) < 4.78 is 5.08. The zero-order chi connectivity index (χ0) is 12.0. The van der Waals surface area contributed by atoms with Crippen molar-refractivity contribution in [1.29, 1.82) is 0 Å². The van der Waals surface area contributed by atoms with Crippen LogP contribution in [0, 0.1) is 0 Å². The molecule has 0 radical (unpaired) electrons. The molecule has 0 saturated heterocycles. The maximum atomic E-state index is 10.6. The Morgan fingerprint density at radius 1 is 1.44 bits per heavy atom. The van der Waals surface area contributed by atoms with Crippen LogP contribution in [0.15, 0.2) is 24.3 Å². The van der Waals surface area contributed by atoms with Crippen molar-refractivity contribution in [3.63, 3.8) is 0 Å². The van der Waals surface area contributed by atoms with E-state index in [1.165, 1.54) is 5.56 Å². The van der Waals surface area contributed by atoms with Crippen LogP contribution in [0.4, 0.5) is 0 Å². The number of benzene rings is 1. The van der Waals surface area contributed by atoms with E-state index < -0.39 is 0 Å². The summed E-state index contributed by atoms with van der Waals surface area (Å²) in [6.07, 6.45) is 0.858. The first-order valence-corrected chi connectivity index (χ1v) is 5.26. The second-order valence-corrected chi connectivity index (χ2v) is 3.80. The number of amides is 1. The lowest BCUT2D eigenvalue weighted by atomic mass is 10.1. The molecule has 0 saturated carbocycles. The van der Waals surface area contributed by atoms with Crippen LogP contribution < -0.4 is 15.8 Å². The van der Waals surface area contributed by atoms with E-state index in [2.05, 4.69) is 5.32 Å². The van der Waals surface area contributed by atoms with Gasteiger partial charge in [-0.25, -0.2) is 0 Å². The highest BCUT2D eigenvalue weighted by Gasteiger charge is 2.04. The van der Waals surface area contributed by atoms with Crippen LogP contribution in [-0.4, -0.2) is 25.6 Å². The molecule has 0 aliphatic rings. The van der Waals surface area contributed by atoms with Gasteiger partial charge in [-0.3, -0.25) is 4.79 Å². The molecule has 88 valence electrons. The third-order valence-corrected chi connectivity index (χ3v) is 2.33. The van der Waals surface area contributed by atoms with E-state index in [-0.39, 0.29) is 18.5 Å². The Kier molecular flexibility index (Phi) is 4.79. The summed E-state index contributed by atoms with van der Waals surface area (Å²) in [4.78, 5) is 10.6. The lowest BCUT2D eigenvalue weighted by Crippen LogP contribution is -2.35. The predicted molar refractivity (Wildman–Crippen MR) is 63.4 cm³/mol. The Balaban J connectivity index is 2.43. The van der Waals surface area contributed by atoms with Crippen molar-refractivity contribution in [2.24, 2.45) is 5.73 Å². The van der Waals surface area contributed by atoms with Gasteiger partial charge in [0.05, 0.1) is 13.7 Å². The number of methoxy groups -OCH3 is 1. The Morgan fingerprint density at radius 2 is 2.06 bits per heavy atom. The second-order valence-electron chi connectivity index (χ2n) is 3.80. The summed E-state index contributed by atoms with van der Waals surface area (Å²) >= 11 is 0. The van der Waals surface area contributed by atoms with Gasteiger partial charge in [-0.05, 0) is 31.0 Å². The van der Waals surface area contributed by atoms with E-state index >= 15 is 0 Å². The highest BCUT2D eigenvalue weighted by atomic mass is 16.5. The zero-order valence-corrected chi connectivity index (χ0v) is 9.69. The van der Waals surface area contributed by atoms with Gasteiger partial charge in [0.2, 0.25) is 5.91 Å². The smallest absolute Gasteiger partial charge is 0.231 e. The standard InChI is InChI=1S/C12H18N2O2/c1-9(14-8-12(13)15)7-10-3-5-11(16-2)6-4-10/h3-6,9,14H,7-8H2,1-2H3,(H2,13,15). The van der Waals surface area contributed by atoms with Crippen LogP contribution in [0.3, 0.4) is 0 Å². The molecule has 0 aromatic heterocycles. The van der Waals surface area contributed by atoms with Crippen molar-refractivity contribution >= 4 is 5.91 Å². The predicted octanol–water partition coefficient (Wildman–Crippen LogP) is 0.701. The number of rotatable bonds is 6. The van der Waals surface area contributed by atoms with E-state index in [4.69, 9.17) is 10.5 Å². The van der Waals surface area contributed by atoms with Crippen molar-refractivity contribution in [2.45, 2.75) is 19.4 Å². The zero-order valence-electron chi connectivity index (χ0n) is 9.69. The number of ether oxygens (including phenoxy) is 1. The molecule has 0 aliphatic heterocycles. The van der Waals surface area contributed by atoms with Crippen LogP contribution in [0.5, 0.6) is 5.75 Å². The summed E-state index contributed by atoms with van der Waals surface area (Å²) in [5.41, 5.74) is 6.25. The average molecular weight is 222 g/mol. The van der Waals surface area contributed by atoms with Gasteiger partial charge in [0.1, 0.15) is 5.75 Å². The summed E-state index contributed by atoms with van der Waals surface area (Å²) in [5.74, 6) is 0.517. The highest BCUT2D eigenvalue weighted by molar-refractivity contribution is 5.75. The van der Waals surface area contributed by atoms with Crippen molar-refractivity contribution < 1.29 is 9.53 Å². The number of nitrogens with two attached hydrogens (primary N) is 1. The fraction of sp³-hybridized carbons (Fsp3) is 0.417. The third kappa shape index (κ3) is 4.31. The van der Waals surface area contributed by atoms with Crippen LogP contribution in [0.25, 0.3) is 0 Å². The largest absolute Gasteiger partial charge is 0.497 e. The maximum Gasteiger partial charge on any atom is 0.231 e. The van der Waals surface area contributed by atoms with Gasteiger partial charge < -0.3 is 15.8 Å². The molecule has 0 bridgehead atoms. The Morgan fingerprint density at radius 3 is 2.56 bits per heavy atom. The van der Waals surface area contributed by atoms with Gasteiger partial charge >= 0.3 is 0 Å². The number of carbonyl (C=O) groups is 1. The third-order valence-electron chi connectivity index (χ3n) is 2.33. The lowest BCUT2D eigenvalue weighted by Gasteiger charge is -2.12. The Hall–Kier alpha value is -1.55. The summed E-state index contributed by atoms with van der Waals surface area (Å²) in [6.45, 7) is 2.24. The number of carbonyl (C=O) groups excluding carboxylic acids is 1. The van der Waals surface area contributed by atoms with Gasteiger partial charge in [-0.15, -0.1) is 0 Å². The van der Waals surface area contributed by atoms with Crippen LogP contribution in [-0.2, 0) is 11.2 Å². The second kappa shape index (κ2) is 6.12. The molecule has 4 nitrogen and oxygen atoms in total. The van der Waals surface area contributed by atoms with Gasteiger partial charge in [0.25, 0.3) is 0 Å². The topological polar surface area (TPSA) is 64.3 Å². The molecule has 16 heavy (non-hydrogen) atoms. The Labute approximate surface area is 95.8 Å². The average Bonchev–Trinajstić information content (AvgIpc) is 2.27. The molecule has 1 unspecified atom stereocenters. The molecule has 4 heteroatoms. The fourth-order valence-electron chi connectivity index (χ4n) is 1.46. The minimum absolute atomic E-state index is 0.220. The van der Waals surface area contributed by atoms with Gasteiger partial charge in [0.15, 0.2) is 0 Å². The van der Waals surface area contributed by atoms with Crippen LogP contribution >= 0.6 is 0 Å². The quantitative estimate of drug-likeness (QED) is 0.744. The lowest BCUT2D eigenvalue weighted by molar-refractivity contribution is -0.117. The molecule has 0 aliphatic carbocycles. The van der Waals surface area contributed by atoms with E-state index in [9.17, 15) is 4.79 Å². The molecular formula is C12H18N2O2. The molecule has 1 aromatic carbocycles. The molecule has 1 aromatic rings. The number of hydrogen-bond donors (Lipinski definition) is 2. The SMILES string of the molecule is COc1ccc(CC(C)NCC(N)=O)cc1. The maximum absolute atomic E-state index is 10.6. The molecule has 3 N–H and O–H groups in total. The van der Waals surface area contributed by atoms with Gasteiger partial charge in [-0.2, -0.15) is 0 Å². The molecule has 1 atom stereocenters. The van der Waals surface area contributed by atoms with E-state index in [1.54, 1.807) is 7.11 Å². The molecule has 0 fully saturated rings. The molecule has 0 spiro atoms. The van der Waals surface area contributed by atoms with Crippen molar-refractivity contribution in [3.05, 3.63) is 29.8 Å².